The van der Waals surface area contributed by atoms with Crippen LogP contribution in [0, 0.1) is 0 Å². The lowest BCUT2D eigenvalue weighted by Gasteiger charge is -2.21. The predicted octanol–water partition coefficient (Wildman–Crippen LogP) is 0.696. The van der Waals surface area contributed by atoms with Gasteiger partial charge in [-0.15, -0.1) is 0 Å². The zero-order valence-electron chi connectivity index (χ0n) is 9.59. The molecule has 0 bridgehead atoms. The Morgan fingerprint density at radius 1 is 1.67 bits per heavy atom. The summed E-state index contributed by atoms with van der Waals surface area (Å²) < 4.78 is 26.1. The van der Waals surface area contributed by atoms with Gasteiger partial charge in [0.15, 0.2) is 8.68 Å². The lowest BCUT2D eigenvalue weighted by molar-refractivity contribution is -0.123. The summed E-state index contributed by atoms with van der Waals surface area (Å²) in [6, 6.07) is -0.638. The normalized spacial score (nSPS) is 21.1. The molecule has 0 spiro atoms. The molecule has 1 aromatic heterocycles. The summed E-state index contributed by atoms with van der Waals surface area (Å²) in [5.41, 5.74) is 0. The van der Waals surface area contributed by atoms with Crippen molar-refractivity contribution in [1.29, 1.82) is 0 Å². The summed E-state index contributed by atoms with van der Waals surface area (Å²) in [6.07, 6.45) is 2.43. The van der Waals surface area contributed by atoms with E-state index in [1.54, 1.807) is 0 Å². The maximum atomic E-state index is 12.3. The van der Waals surface area contributed by atoms with Gasteiger partial charge in [0.25, 0.3) is 10.0 Å². The second kappa shape index (κ2) is 5.12. The molecule has 1 aliphatic rings. The van der Waals surface area contributed by atoms with E-state index in [1.807, 2.05) is 0 Å². The van der Waals surface area contributed by atoms with Gasteiger partial charge in [0.1, 0.15) is 6.04 Å². The number of halogens is 1. The van der Waals surface area contributed by atoms with Crippen molar-refractivity contribution in [2.75, 3.05) is 13.6 Å². The summed E-state index contributed by atoms with van der Waals surface area (Å²) >= 11 is 6.54. The number of nitrogens with one attached hydrogen (secondary N) is 1. The first-order chi connectivity index (χ1) is 8.46. The molecule has 1 aliphatic heterocycles. The van der Waals surface area contributed by atoms with Crippen LogP contribution in [0.25, 0.3) is 0 Å². The topological polar surface area (TPSA) is 79.4 Å². The number of carbonyl (C=O) groups is 1. The number of carbonyl (C=O) groups excluding carboxylic acids is 1. The number of hydrogen-bond acceptors (Lipinski definition) is 5. The summed E-state index contributed by atoms with van der Waals surface area (Å²) in [4.78, 5) is 15.4. The number of hydrogen-bond donors (Lipinski definition) is 1. The third-order valence-electron chi connectivity index (χ3n) is 2.77. The van der Waals surface area contributed by atoms with Crippen LogP contribution in [0.5, 0.6) is 0 Å². The molecular formula is C9H12ClN3O3S2. The van der Waals surface area contributed by atoms with Gasteiger partial charge in [-0.3, -0.25) is 4.79 Å². The molecule has 1 unspecified atom stereocenters. The van der Waals surface area contributed by atoms with Crippen molar-refractivity contribution in [1.82, 2.24) is 14.6 Å². The Kier molecular flexibility index (Phi) is 3.90. The van der Waals surface area contributed by atoms with Crippen molar-refractivity contribution < 1.29 is 13.2 Å². The van der Waals surface area contributed by atoms with Crippen molar-refractivity contribution in [3.05, 3.63) is 10.7 Å². The van der Waals surface area contributed by atoms with Crippen molar-refractivity contribution in [2.24, 2.45) is 0 Å². The van der Waals surface area contributed by atoms with Crippen LogP contribution >= 0.6 is 22.9 Å². The molecule has 1 saturated heterocycles. The van der Waals surface area contributed by atoms with Crippen LogP contribution in [0.15, 0.2) is 10.4 Å². The molecule has 1 N–H and O–H groups in total. The molecule has 9 heteroatoms. The van der Waals surface area contributed by atoms with Crippen molar-refractivity contribution in [3.63, 3.8) is 0 Å². The van der Waals surface area contributed by atoms with E-state index >= 15 is 0 Å². The third kappa shape index (κ3) is 2.37. The second-order valence-electron chi connectivity index (χ2n) is 3.82. The lowest BCUT2D eigenvalue weighted by atomic mass is 10.2. The Hall–Kier alpha value is -0.700. The van der Waals surface area contributed by atoms with E-state index in [9.17, 15) is 13.2 Å². The zero-order valence-corrected chi connectivity index (χ0v) is 12.0. The monoisotopic (exact) mass is 309 g/mol. The van der Waals surface area contributed by atoms with E-state index < -0.39 is 16.1 Å². The van der Waals surface area contributed by atoms with Gasteiger partial charge in [0.2, 0.25) is 5.91 Å². The van der Waals surface area contributed by atoms with Crippen LogP contribution in [0.3, 0.4) is 0 Å². The van der Waals surface area contributed by atoms with E-state index in [2.05, 4.69) is 10.3 Å². The summed E-state index contributed by atoms with van der Waals surface area (Å²) in [5.74, 6) is -0.285. The fourth-order valence-electron chi connectivity index (χ4n) is 1.93. The first-order valence-corrected chi connectivity index (χ1v) is 7.95. The van der Waals surface area contributed by atoms with Crippen LogP contribution in [0.2, 0.25) is 4.47 Å². The van der Waals surface area contributed by atoms with Gasteiger partial charge in [-0.1, -0.05) is 22.9 Å². The third-order valence-corrected chi connectivity index (χ3v) is 6.23. The molecule has 0 radical (unpaired) electrons. The Bertz CT molecular complexity index is 557. The highest BCUT2D eigenvalue weighted by Gasteiger charge is 2.39. The van der Waals surface area contributed by atoms with Gasteiger partial charge in [0.05, 0.1) is 6.20 Å². The summed E-state index contributed by atoms with van der Waals surface area (Å²) in [7, 11) is -2.18. The minimum atomic E-state index is -3.68. The molecular weight excluding hydrogens is 298 g/mol. The second-order valence-corrected chi connectivity index (χ2v) is 7.55. The molecule has 0 saturated carbocycles. The molecule has 0 aromatic carbocycles. The van der Waals surface area contributed by atoms with Gasteiger partial charge in [-0.05, 0) is 12.8 Å². The maximum absolute atomic E-state index is 12.3. The highest BCUT2D eigenvalue weighted by atomic mass is 35.5. The molecule has 1 fully saturated rings. The highest BCUT2D eigenvalue weighted by molar-refractivity contribution is 7.91. The van der Waals surface area contributed by atoms with Gasteiger partial charge in [-0.25, -0.2) is 13.4 Å². The van der Waals surface area contributed by atoms with E-state index in [1.165, 1.54) is 17.5 Å². The number of aromatic nitrogens is 1. The molecule has 1 amide bonds. The Morgan fingerprint density at radius 3 is 2.94 bits per heavy atom. The quantitative estimate of drug-likeness (QED) is 0.891. The average molecular weight is 310 g/mol. The van der Waals surface area contributed by atoms with Crippen molar-refractivity contribution >= 4 is 38.9 Å². The predicted molar refractivity (Wildman–Crippen MR) is 68.1 cm³/mol. The molecule has 2 heterocycles. The molecule has 100 valence electrons. The van der Waals surface area contributed by atoms with E-state index in [0.29, 0.717) is 19.4 Å². The average Bonchev–Trinajstić information content (AvgIpc) is 2.96. The molecule has 18 heavy (non-hydrogen) atoms. The van der Waals surface area contributed by atoms with Crippen LogP contribution in [0.4, 0.5) is 0 Å². The first-order valence-electron chi connectivity index (χ1n) is 5.31. The summed E-state index contributed by atoms with van der Waals surface area (Å²) in [5, 5.41) is 2.48. The number of sulfonamides is 1. The van der Waals surface area contributed by atoms with Gasteiger partial charge >= 0.3 is 0 Å². The van der Waals surface area contributed by atoms with E-state index in [4.69, 9.17) is 11.6 Å². The number of rotatable bonds is 3. The van der Waals surface area contributed by atoms with E-state index in [-0.39, 0.29) is 14.6 Å². The largest absolute Gasteiger partial charge is 0.358 e. The number of thiazole rings is 1. The van der Waals surface area contributed by atoms with Gasteiger partial charge < -0.3 is 5.32 Å². The van der Waals surface area contributed by atoms with Crippen LogP contribution in [0.1, 0.15) is 12.8 Å². The Balaban J connectivity index is 2.32. The molecule has 6 nitrogen and oxygen atoms in total. The fourth-order valence-corrected chi connectivity index (χ4v) is 5.01. The van der Waals surface area contributed by atoms with E-state index in [0.717, 1.165) is 11.3 Å². The summed E-state index contributed by atoms with van der Waals surface area (Å²) in [6.45, 7) is 0.343. The fraction of sp³-hybridized carbons (Fsp3) is 0.556. The Labute approximate surface area is 114 Å². The minimum Gasteiger partial charge on any atom is -0.358 e. The maximum Gasteiger partial charge on any atom is 0.254 e. The molecule has 2 rings (SSSR count). The Morgan fingerprint density at radius 2 is 2.39 bits per heavy atom. The molecule has 0 aliphatic carbocycles. The zero-order chi connectivity index (χ0) is 13.3. The number of nitrogens with zero attached hydrogens (tertiary/aromatic N) is 2. The van der Waals surface area contributed by atoms with Gasteiger partial charge in [0, 0.05) is 13.6 Å². The van der Waals surface area contributed by atoms with Crippen molar-refractivity contribution in [2.45, 2.75) is 23.1 Å². The molecule has 1 atom stereocenters. The lowest BCUT2D eigenvalue weighted by Crippen LogP contribution is -2.44. The first kappa shape index (κ1) is 13.7. The number of likely N-dealkylation sites (N-methyl/N-ethyl adjacent to an activating group) is 1. The smallest absolute Gasteiger partial charge is 0.254 e. The highest BCUT2D eigenvalue weighted by Crippen LogP contribution is 2.30. The van der Waals surface area contributed by atoms with Crippen molar-refractivity contribution in [3.8, 4) is 0 Å². The van der Waals surface area contributed by atoms with Crippen LogP contribution in [-0.2, 0) is 14.8 Å². The standard InChI is InChI=1S/C9H12ClN3O3S2/c1-11-8(14)6-3-2-4-13(6)18(15,16)7-5-12-9(10)17-7/h5-6H,2-4H2,1H3,(H,11,14). The minimum absolute atomic E-state index is 0.0725. The SMILES string of the molecule is CNC(=O)C1CCCN1S(=O)(=O)c1cnc(Cl)s1. The van der Waals surface area contributed by atoms with Crippen LogP contribution < -0.4 is 5.32 Å². The van der Waals surface area contributed by atoms with Crippen LogP contribution in [-0.4, -0.2) is 43.2 Å². The number of amides is 1. The van der Waals surface area contributed by atoms with Gasteiger partial charge in [-0.2, -0.15) is 4.31 Å². The molecule has 1 aromatic rings.